The molecule has 1 heterocycles. The Morgan fingerprint density at radius 2 is 2.30 bits per heavy atom. The number of hydrazine groups is 1. The Hall–Kier alpha value is -0.670. The van der Waals surface area contributed by atoms with E-state index in [0.29, 0.717) is 5.92 Å². The zero-order valence-electron chi connectivity index (χ0n) is 6.36. The fourth-order valence-corrected chi connectivity index (χ4v) is 1.05. The number of hydrogen-bond acceptors (Lipinski definition) is 3. The highest BCUT2D eigenvalue weighted by atomic mass is 15.4. The number of nitrogens with zero attached hydrogens (tertiary/aromatic N) is 2. The highest BCUT2D eigenvalue weighted by Gasteiger charge is 2.16. The fourth-order valence-electron chi connectivity index (χ4n) is 1.05. The molecule has 0 amide bonds. The number of hydrogen-bond donors (Lipinski definition) is 1. The zero-order valence-corrected chi connectivity index (χ0v) is 6.36. The van der Waals surface area contributed by atoms with Gasteiger partial charge in [0.1, 0.15) is 0 Å². The lowest BCUT2D eigenvalue weighted by molar-refractivity contribution is 0.272. The van der Waals surface area contributed by atoms with E-state index in [9.17, 15) is 0 Å². The third kappa shape index (κ3) is 1.43. The Kier molecular flexibility index (Phi) is 2.19. The van der Waals surface area contributed by atoms with Gasteiger partial charge in [0.25, 0.3) is 0 Å². The van der Waals surface area contributed by atoms with Gasteiger partial charge in [0.15, 0.2) is 0 Å². The molecule has 1 rings (SSSR count). The van der Waals surface area contributed by atoms with Crippen molar-refractivity contribution < 1.29 is 0 Å². The minimum absolute atomic E-state index is 0.255. The molecule has 56 valence electrons. The van der Waals surface area contributed by atoms with E-state index in [-0.39, 0.29) is 6.04 Å². The third-order valence-electron chi connectivity index (χ3n) is 1.72. The number of nitrogens with two attached hydrogens (primary N) is 1. The lowest BCUT2D eigenvalue weighted by Crippen LogP contribution is -2.43. The van der Waals surface area contributed by atoms with Crippen molar-refractivity contribution in [3.8, 4) is 0 Å². The predicted octanol–water partition coefficient (Wildman–Crippen LogP) is 0.395. The van der Waals surface area contributed by atoms with Crippen LogP contribution in [0.5, 0.6) is 0 Å². The first-order valence-corrected chi connectivity index (χ1v) is 3.39. The summed E-state index contributed by atoms with van der Waals surface area (Å²) in [6.07, 6.45) is 5.73. The molecule has 0 bridgehead atoms. The number of rotatable bonds is 1. The molecule has 2 N–H and O–H groups in total. The summed E-state index contributed by atoms with van der Waals surface area (Å²) in [5, 5.41) is 1.68. The standard InChI is InChI=1S/C7H13N3/c1-6-3-4-9-5-7(6)10(2)8/h3-7H,8H2,1-2H3. The zero-order chi connectivity index (χ0) is 7.56. The second kappa shape index (κ2) is 2.94. The van der Waals surface area contributed by atoms with Gasteiger partial charge >= 0.3 is 0 Å². The molecular weight excluding hydrogens is 126 g/mol. The molecule has 0 radical (unpaired) electrons. The smallest absolute Gasteiger partial charge is 0.0650 e. The van der Waals surface area contributed by atoms with Gasteiger partial charge in [-0.2, -0.15) is 0 Å². The third-order valence-corrected chi connectivity index (χ3v) is 1.72. The summed E-state index contributed by atoms with van der Waals surface area (Å²) in [5.74, 6) is 6.03. The van der Waals surface area contributed by atoms with Gasteiger partial charge in [0.05, 0.1) is 6.04 Å². The minimum atomic E-state index is 0.255. The van der Waals surface area contributed by atoms with Gasteiger partial charge in [0, 0.05) is 19.5 Å². The molecule has 3 nitrogen and oxygen atoms in total. The highest BCUT2D eigenvalue weighted by molar-refractivity contribution is 5.67. The van der Waals surface area contributed by atoms with E-state index >= 15 is 0 Å². The maximum absolute atomic E-state index is 5.57. The van der Waals surface area contributed by atoms with Gasteiger partial charge < -0.3 is 0 Å². The molecule has 0 aromatic heterocycles. The fraction of sp³-hybridized carbons (Fsp3) is 0.571. The molecule has 1 aliphatic heterocycles. The quantitative estimate of drug-likeness (QED) is 0.422. The summed E-state index contributed by atoms with van der Waals surface area (Å²) < 4.78 is 0. The van der Waals surface area contributed by atoms with E-state index < -0.39 is 0 Å². The first-order chi connectivity index (χ1) is 4.72. The Morgan fingerprint density at radius 1 is 1.60 bits per heavy atom. The number of aliphatic imine (C=N–C) groups is 1. The van der Waals surface area contributed by atoms with Crippen molar-refractivity contribution in [2.24, 2.45) is 16.8 Å². The van der Waals surface area contributed by atoms with Crippen molar-refractivity contribution in [2.45, 2.75) is 13.0 Å². The van der Waals surface area contributed by atoms with Crippen LogP contribution in [0.3, 0.4) is 0 Å². The van der Waals surface area contributed by atoms with Crippen LogP contribution in [-0.4, -0.2) is 24.3 Å². The normalized spacial score (nSPS) is 31.6. The van der Waals surface area contributed by atoms with Gasteiger partial charge in [-0.1, -0.05) is 13.0 Å². The molecule has 0 aliphatic carbocycles. The predicted molar refractivity (Wildman–Crippen MR) is 42.5 cm³/mol. The van der Waals surface area contributed by atoms with Crippen molar-refractivity contribution in [1.29, 1.82) is 0 Å². The van der Waals surface area contributed by atoms with Crippen LogP contribution in [0.25, 0.3) is 0 Å². The lowest BCUT2D eigenvalue weighted by atomic mass is 10.0. The van der Waals surface area contributed by atoms with E-state index in [0.717, 1.165) is 0 Å². The highest BCUT2D eigenvalue weighted by Crippen LogP contribution is 2.10. The van der Waals surface area contributed by atoms with Crippen LogP contribution in [-0.2, 0) is 0 Å². The van der Waals surface area contributed by atoms with Crippen LogP contribution in [0.2, 0.25) is 0 Å². The summed E-state index contributed by atoms with van der Waals surface area (Å²) in [5.41, 5.74) is 0. The van der Waals surface area contributed by atoms with Crippen LogP contribution in [0.15, 0.2) is 17.3 Å². The SMILES string of the molecule is CC1C=CN=CC1N(C)N. The minimum Gasteiger partial charge on any atom is -0.268 e. The van der Waals surface area contributed by atoms with Gasteiger partial charge in [0.2, 0.25) is 0 Å². The van der Waals surface area contributed by atoms with E-state index in [2.05, 4.69) is 11.9 Å². The molecule has 10 heavy (non-hydrogen) atoms. The van der Waals surface area contributed by atoms with Gasteiger partial charge in [-0.15, -0.1) is 0 Å². The summed E-state index contributed by atoms with van der Waals surface area (Å²) >= 11 is 0. The van der Waals surface area contributed by atoms with Gasteiger partial charge in [-0.3, -0.25) is 10.8 Å². The molecule has 0 saturated heterocycles. The van der Waals surface area contributed by atoms with Crippen LogP contribution in [0.4, 0.5) is 0 Å². The lowest BCUT2D eigenvalue weighted by Gasteiger charge is -2.25. The summed E-state index contributed by atoms with van der Waals surface area (Å²) in [6, 6.07) is 0.255. The van der Waals surface area contributed by atoms with E-state index in [1.54, 1.807) is 5.01 Å². The second-order valence-corrected chi connectivity index (χ2v) is 2.65. The Labute approximate surface area is 61.2 Å². The summed E-state index contributed by atoms with van der Waals surface area (Å²) in [4.78, 5) is 4.00. The van der Waals surface area contributed by atoms with Crippen LogP contribution in [0, 0.1) is 5.92 Å². The Morgan fingerprint density at radius 3 is 2.70 bits per heavy atom. The second-order valence-electron chi connectivity index (χ2n) is 2.65. The molecule has 1 aliphatic rings. The van der Waals surface area contributed by atoms with E-state index in [4.69, 9.17) is 5.84 Å². The maximum Gasteiger partial charge on any atom is 0.0650 e. The van der Waals surface area contributed by atoms with Crippen LogP contribution in [0.1, 0.15) is 6.92 Å². The Balaban J connectivity index is 2.61. The monoisotopic (exact) mass is 139 g/mol. The molecule has 0 fully saturated rings. The summed E-state index contributed by atoms with van der Waals surface area (Å²) in [7, 11) is 1.85. The molecule has 0 aromatic rings. The molecule has 3 heteroatoms. The molecule has 2 atom stereocenters. The van der Waals surface area contributed by atoms with Crippen molar-refractivity contribution >= 4 is 6.21 Å². The van der Waals surface area contributed by atoms with Crippen molar-refractivity contribution in [2.75, 3.05) is 7.05 Å². The largest absolute Gasteiger partial charge is 0.268 e. The average Bonchev–Trinajstić information content (AvgIpc) is 1.88. The topological polar surface area (TPSA) is 41.6 Å². The molecule has 2 unspecified atom stereocenters. The first kappa shape index (κ1) is 7.44. The van der Waals surface area contributed by atoms with Crippen LogP contribution >= 0.6 is 0 Å². The van der Waals surface area contributed by atoms with E-state index in [1.165, 1.54) is 0 Å². The maximum atomic E-state index is 5.57. The van der Waals surface area contributed by atoms with Gasteiger partial charge in [-0.05, 0) is 5.92 Å². The average molecular weight is 139 g/mol. The van der Waals surface area contributed by atoms with Gasteiger partial charge in [-0.25, -0.2) is 5.01 Å². The molecule has 0 aromatic carbocycles. The van der Waals surface area contributed by atoms with Crippen molar-refractivity contribution in [3.63, 3.8) is 0 Å². The summed E-state index contributed by atoms with van der Waals surface area (Å²) in [6.45, 7) is 2.12. The Bertz CT molecular complexity index is 160. The molecule has 0 saturated carbocycles. The van der Waals surface area contributed by atoms with Crippen molar-refractivity contribution in [3.05, 3.63) is 12.3 Å². The first-order valence-electron chi connectivity index (χ1n) is 3.39. The van der Waals surface area contributed by atoms with Crippen molar-refractivity contribution in [1.82, 2.24) is 5.01 Å². The molecular formula is C7H13N3. The van der Waals surface area contributed by atoms with Crippen LogP contribution < -0.4 is 5.84 Å². The molecule has 0 spiro atoms. The van der Waals surface area contributed by atoms with E-state index in [1.807, 2.05) is 25.5 Å².